The van der Waals surface area contributed by atoms with Crippen molar-refractivity contribution in [1.82, 2.24) is 20.9 Å². The monoisotopic (exact) mass is 574 g/mol. The zero-order valence-electron chi connectivity index (χ0n) is 23.0. The largest absolute Gasteiger partial charge is 0.481 e. The summed E-state index contributed by atoms with van der Waals surface area (Å²) in [5.74, 6) is -6.20. The number of benzene rings is 1. The zero-order valence-corrected chi connectivity index (χ0v) is 23.0. The number of nitrogens with two attached hydrogens (primary N) is 2. The molecule has 0 fully saturated rings. The highest BCUT2D eigenvalue weighted by Crippen LogP contribution is 2.19. The van der Waals surface area contributed by atoms with Crippen LogP contribution in [0.25, 0.3) is 10.9 Å². The molecule has 224 valence electrons. The topological polar surface area (TPSA) is 247 Å². The van der Waals surface area contributed by atoms with Gasteiger partial charge in [-0.1, -0.05) is 38.5 Å². The number of hydrogen-bond donors (Lipinski definition) is 8. The lowest BCUT2D eigenvalue weighted by molar-refractivity contribution is -0.144. The predicted molar refractivity (Wildman–Crippen MR) is 148 cm³/mol. The lowest BCUT2D eigenvalue weighted by Crippen LogP contribution is -2.58. The van der Waals surface area contributed by atoms with Gasteiger partial charge in [-0.05, 0) is 36.8 Å². The van der Waals surface area contributed by atoms with Gasteiger partial charge in [0.1, 0.15) is 18.1 Å². The van der Waals surface area contributed by atoms with Crippen LogP contribution in [0.1, 0.15) is 51.5 Å². The molecule has 1 aromatic heterocycles. The van der Waals surface area contributed by atoms with Gasteiger partial charge in [-0.3, -0.25) is 24.0 Å². The van der Waals surface area contributed by atoms with Gasteiger partial charge in [0.05, 0.1) is 6.04 Å². The van der Waals surface area contributed by atoms with E-state index < -0.39 is 72.1 Å². The van der Waals surface area contributed by atoms with Crippen molar-refractivity contribution >= 4 is 46.5 Å². The Morgan fingerprint density at radius 3 is 2.07 bits per heavy atom. The molecule has 5 unspecified atom stereocenters. The number of para-hydroxylation sites is 1. The lowest BCUT2D eigenvalue weighted by Gasteiger charge is -2.26. The number of fused-ring (bicyclic) bond motifs is 1. The number of aliphatic carboxylic acids is 2. The summed E-state index contributed by atoms with van der Waals surface area (Å²) in [5.41, 5.74) is 13.0. The fourth-order valence-corrected chi connectivity index (χ4v) is 4.21. The fourth-order valence-electron chi connectivity index (χ4n) is 4.21. The highest BCUT2D eigenvalue weighted by Gasteiger charge is 2.32. The lowest BCUT2D eigenvalue weighted by atomic mass is 9.98. The third-order valence-electron chi connectivity index (χ3n) is 6.82. The first-order valence-electron chi connectivity index (χ1n) is 13.3. The molecule has 4 amide bonds. The minimum Gasteiger partial charge on any atom is -0.481 e. The van der Waals surface area contributed by atoms with Crippen molar-refractivity contribution < 1.29 is 39.0 Å². The Balaban J connectivity index is 2.18. The van der Waals surface area contributed by atoms with E-state index in [1.165, 1.54) is 0 Å². The minimum absolute atomic E-state index is 0.135. The van der Waals surface area contributed by atoms with E-state index in [9.17, 15) is 33.9 Å². The highest BCUT2D eigenvalue weighted by atomic mass is 16.4. The Labute approximate surface area is 236 Å². The Kier molecular flexibility index (Phi) is 12.3. The van der Waals surface area contributed by atoms with Gasteiger partial charge in [0.25, 0.3) is 0 Å². The highest BCUT2D eigenvalue weighted by molar-refractivity contribution is 5.95. The Bertz CT molecular complexity index is 1260. The first-order valence-corrected chi connectivity index (χ1v) is 13.3. The summed E-state index contributed by atoms with van der Waals surface area (Å²) in [5, 5.41) is 26.7. The maximum absolute atomic E-state index is 13.2. The van der Waals surface area contributed by atoms with Gasteiger partial charge in [-0.15, -0.1) is 0 Å². The van der Waals surface area contributed by atoms with Crippen LogP contribution in [-0.2, 0) is 35.2 Å². The molecule has 0 spiro atoms. The molecule has 0 bridgehead atoms. The van der Waals surface area contributed by atoms with Gasteiger partial charge in [0, 0.05) is 29.9 Å². The molecule has 2 aromatic rings. The second kappa shape index (κ2) is 15.4. The SMILES string of the molecule is CCC(C)C(NC(=O)C(CCC(=O)O)NC(=O)C(CCC(N)=O)NC(=O)C(N)Cc1c[nH]c2ccccc12)C(=O)O. The van der Waals surface area contributed by atoms with Crippen molar-refractivity contribution in [2.45, 2.75) is 76.5 Å². The normalized spacial score (nSPS) is 14.7. The number of carbonyl (C=O) groups is 6. The third kappa shape index (κ3) is 9.90. The summed E-state index contributed by atoms with van der Waals surface area (Å²) in [7, 11) is 0. The molecule has 10 N–H and O–H groups in total. The molecule has 14 heteroatoms. The molecule has 0 radical (unpaired) electrons. The maximum Gasteiger partial charge on any atom is 0.326 e. The molecule has 0 saturated carbocycles. The molecule has 5 atom stereocenters. The van der Waals surface area contributed by atoms with E-state index in [2.05, 4.69) is 20.9 Å². The van der Waals surface area contributed by atoms with Crippen LogP contribution in [0.3, 0.4) is 0 Å². The van der Waals surface area contributed by atoms with Crippen LogP contribution in [-0.4, -0.2) is 74.9 Å². The number of carboxylic acid groups (broad SMARTS) is 2. The number of carbonyl (C=O) groups excluding carboxylic acids is 4. The molecule has 0 saturated heterocycles. The van der Waals surface area contributed by atoms with Crippen LogP contribution >= 0.6 is 0 Å². The Morgan fingerprint density at radius 1 is 0.902 bits per heavy atom. The van der Waals surface area contributed by atoms with E-state index >= 15 is 0 Å². The summed E-state index contributed by atoms with van der Waals surface area (Å²) in [6.45, 7) is 3.37. The quantitative estimate of drug-likeness (QED) is 0.124. The van der Waals surface area contributed by atoms with Crippen LogP contribution < -0.4 is 27.4 Å². The van der Waals surface area contributed by atoms with E-state index in [1.54, 1.807) is 20.0 Å². The van der Waals surface area contributed by atoms with Crippen molar-refractivity contribution in [1.29, 1.82) is 0 Å². The number of aromatic amines is 1. The maximum atomic E-state index is 13.2. The zero-order chi connectivity index (χ0) is 30.7. The van der Waals surface area contributed by atoms with Gasteiger partial charge in [0.15, 0.2) is 0 Å². The standard InChI is InChI=1S/C27H38N6O8/c1-3-14(2)23(27(40)41)33-26(39)20(9-11-22(35)36)32-25(38)19(8-10-21(29)34)31-24(37)17(28)12-15-13-30-18-7-5-4-6-16(15)18/h4-7,13-14,17,19-20,23,30H,3,8-12,28H2,1-2H3,(H2,29,34)(H,31,37)(H,32,38)(H,33,39)(H,35,36)(H,40,41). The third-order valence-corrected chi connectivity index (χ3v) is 6.82. The summed E-state index contributed by atoms with van der Waals surface area (Å²) >= 11 is 0. The number of nitrogens with one attached hydrogen (secondary N) is 4. The summed E-state index contributed by atoms with van der Waals surface area (Å²) < 4.78 is 0. The molecule has 0 aliphatic carbocycles. The summed E-state index contributed by atoms with van der Waals surface area (Å²) in [6.07, 6.45) is 0.940. The predicted octanol–water partition coefficient (Wildman–Crippen LogP) is -0.247. The molecular weight excluding hydrogens is 536 g/mol. The van der Waals surface area contributed by atoms with Crippen molar-refractivity contribution in [3.63, 3.8) is 0 Å². The van der Waals surface area contributed by atoms with E-state index in [4.69, 9.17) is 16.6 Å². The van der Waals surface area contributed by atoms with Gasteiger partial charge in [-0.2, -0.15) is 0 Å². The minimum atomic E-state index is -1.43. The molecule has 14 nitrogen and oxygen atoms in total. The van der Waals surface area contributed by atoms with Crippen LogP contribution in [0.15, 0.2) is 30.5 Å². The van der Waals surface area contributed by atoms with E-state index in [0.29, 0.717) is 6.42 Å². The van der Waals surface area contributed by atoms with Gasteiger partial charge in [0.2, 0.25) is 23.6 Å². The molecule has 1 heterocycles. The van der Waals surface area contributed by atoms with Crippen LogP contribution in [0.2, 0.25) is 0 Å². The average molecular weight is 575 g/mol. The molecule has 1 aromatic carbocycles. The number of aromatic nitrogens is 1. The average Bonchev–Trinajstić information content (AvgIpc) is 3.33. The Hall–Kier alpha value is -4.46. The van der Waals surface area contributed by atoms with Gasteiger partial charge >= 0.3 is 11.9 Å². The van der Waals surface area contributed by atoms with Crippen molar-refractivity contribution in [2.24, 2.45) is 17.4 Å². The van der Waals surface area contributed by atoms with Crippen molar-refractivity contribution in [3.05, 3.63) is 36.0 Å². The summed E-state index contributed by atoms with van der Waals surface area (Å²) in [4.78, 5) is 76.5. The van der Waals surface area contributed by atoms with Crippen molar-refractivity contribution in [2.75, 3.05) is 0 Å². The first-order chi connectivity index (χ1) is 19.3. The number of primary amides is 1. The second-order valence-electron chi connectivity index (χ2n) is 9.94. The number of amides is 4. The van der Waals surface area contributed by atoms with E-state index in [1.807, 2.05) is 24.3 Å². The van der Waals surface area contributed by atoms with E-state index in [-0.39, 0.29) is 25.7 Å². The molecule has 2 rings (SSSR count). The van der Waals surface area contributed by atoms with E-state index in [0.717, 1.165) is 16.5 Å². The number of rotatable bonds is 17. The molecular formula is C27H38N6O8. The number of carboxylic acids is 2. The van der Waals surface area contributed by atoms with Crippen LogP contribution in [0, 0.1) is 5.92 Å². The number of hydrogen-bond acceptors (Lipinski definition) is 7. The van der Waals surface area contributed by atoms with Crippen molar-refractivity contribution in [3.8, 4) is 0 Å². The van der Waals surface area contributed by atoms with Crippen LogP contribution in [0.5, 0.6) is 0 Å². The molecule has 0 aliphatic rings. The first kappa shape index (κ1) is 32.8. The fraction of sp³-hybridized carbons (Fsp3) is 0.481. The summed E-state index contributed by atoms with van der Waals surface area (Å²) in [6, 6.07) is 2.31. The molecule has 41 heavy (non-hydrogen) atoms. The second-order valence-corrected chi connectivity index (χ2v) is 9.94. The van der Waals surface area contributed by atoms with Crippen LogP contribution in [0.4, 0.5) is 0 Å². The van der Waals surface area contributed by atoms with Gasteiger partial charge < -0.3 is 42.6 Å². The molecule has 0 aliphatic heterocycles. The van der Waals surface area contributed by atoms with Gasteiger partial charge in [-0.25, -0.2) is 4.79 Å². The number of H-pyrrole nitrogens is 1. The smallest absolute Gasteiger partial charge is 0.326 e. The Morgan fingerprint density at radius 2 is 1.49 bits per heavy atom.